The van der Waals surface area contributed by atoms with Gasteiger partial charge >= 0.3 is 0 Å². The Balaban J connectivity index is 1.54. The molecule has 1 amide bonds. The van der Waals surface area contributed by atoms with Crippen LogP contribution in [0.3, 0.4) is 0 Å². The standard InChI is InChI=1S/C23H19Cl2N5O2/c1-11-19(12(2)29-28-11)14-9-16(24)20(17(25)10-14)23(32)30-8-6-15-18(30)5-7-26-21(15)27-22(31)13-3-4-13/h5-10,13H,3-4H2,1-2H3,(H,28,29)(H,26,27,31). The van der Waals surface area contributed by atoms with Crippen LogP contribution in [0.15, 0.2) is 36.7 Å². The van der Waals surface area contributed by atoms with Gasteiger partial charge in [-0.15, -0.1) is 0 Å². The summed E-state index contributed by atoms with van der Waals surface area (Å²) in [6.45, 7) is 3.80. The number of H-pyrrole nitrogens is 1. The quantitative estimate of drug-likeness (QED) is 0.420. The Morgan fingerprint density at radius 3 is 2.50 bits per heavy atom. The minimum atomic E-state index is -0.368. The molecule has 5 rings (SSSR count). The monoisotopic (exact) mass is 467 g/mol. The van der Waals surface area contributed by atoms with Gasteiger partial charge in [0.15, 0.2) is 0 Å². The van der Waals surface area contributed by atoms with E-state index in [4.69, 9.17) is 23.2 Å². The van der Waals surface area contributed by atoms with Gasteiger partial charge in [0, 0.05) is 35.0 Å². The maximum Gasteiger partial charge on any atom is 0.265 e. The van der Waals surface area contributed by atoms with Crippen LogP contribution in [-0.2, 0) is 4.79 Å². The predicted octanol–water partition coefficient (Wildman–Crippen LogP) is 5.39. The van der Waals surface area contributed by atoms with E-state index in [1.165, 1.54) is 4.57 Å². The normalized spacial score (nSPS) is 13.5. The zero-order valence-electron chi connectivity index (χ0n) is 17.4. The lowest BCUT2D eigenvalue weighted by Crippen LogP contribution is -2.15. The van der Waals surface area contributed by atoms with Crippen molar-refractivity contribution in [3.63, 3.8) is 0 Å². The number of carbonyl (C=O) groups excluding carboxylic acids is 2. The largest absolute Gasteiger partial charge is 0.310 e. The zero-order valence-corrected chi connectivity index (χ0v) is 18.9. The van der Waals surface area contributed by atoms with E-state index in [2.05, 4.69) is 20.5 Å². The van der Waals surface area contributed by atoms with Crippen molar-refractivity contribution in [3.8, 4) is 11.1 Å². The van der Waals surface area contributed by atoms with Gasteiger partial charge in [-0.25, -0.2) is 4.98 Å². The Bertz CT molecular complexity index is 1360. The Hall–Kier alpha value is -3.16. The number of amides is 1. The number of aromatic nitrogens is 4. The molecular weight excluding hydrogens is 449 g/mol. The van der Waals surface area contributed by atoms with Crippen LogP contribution in [-0.4, -0.2) is 31.6 Å². The molecule has 3 aromatic heterocycles. The molecule has 1 fully saturated rings. The van der Waals surface area contributed by atoms with Gasteiger partial charge in [0.1, 0.15) is 5.82 Å². The fourth-order valence-electron chi connectivity index (χ4n) is 3.93. The highest BCUT2D eigenvalue weighted by Crippen LogP contribution is 2.36. The number of nitrogens with zero attached hydrogens (tertiary/aromatic N) is 3. The van der Waals surface area contributed by atoms with E-state index in [0.29, 0.717) is 16.7 Å². The molecule has 2 N–H and O–H groups in total. The SMILES string of the molecule is Cc1n[nH]c(C)c1-c1cc(Cl)c(C(=O)n2ccc3c(NC(=O)C4CC4)nccc32)c(Cl)c1. The minimum absolute atomic E-state index is 0.0458. The van der Waals surface area contributed by atoms with Crippen molar-refractivity contribution in [2.45, 2.75) is 26.7 Å². The molecule has 9 heteroatoms. The first-order valence-corrected chi connectivity index (χ1v) is 10.9. The molecule has 1 aliphatic rings. The molecule has 162 valence electrons. The summed E-state index contributed by atoms with van der Waals surface area (Å²) in [4.78, 5) is 29.9. The fraction of sp³-hybridized carbons (Fsp3) is 0.217. The molecule has 0 spiro atoms. The third kappa shape index (κ3) is 3.47. The smallest absolute Gasteiger partial charge is 0.265 e. The maximum absolute atomic E-state index is 13.4. The number of halogens is 2. The minimum Gasteiger partial charge on any atom is -0.310 e. The molecule has 1 saturated carbocycles. The highest BCUT2D eigenvalue weighted by Gasteiger charge is 2.30. The average Bonchev–Trinajstić information content (AvgIpc) is 3.42. The molecule has 0 aliphatic heterocycles. The molecule has 7 nitrogen and oxygen atoms in total. The Morgan fingerprint density at radius 2 is 1.88 bits per heavy atom. The number of hydrogen-bond acceptors (Lipinski definition) is 4. The van der Waals surface area contributed by atoms with Crippen LogP contribution in [0, 0.1) is 19.8 Å². The summed E-state index contributed by atoms with van der Waals surface area (Å²) in [5, 5.41) is 11.2. The first-order chi connectivity index (χ1) is 15.3. The van der Waals surface area contributed by atoms with E-state index in [9.17, 15) is 9.59 Å². The predicted molar refractivity (Wildman–Crippen MR) is 124 cm³/mol. The van der Waals surface area contributed by atoms with Crippen molar-refractivity contribution in [1.82, 2.24) is 19.7 Å². The summed E-state index contributed by atoms with van der Waals surface area (Å²) in [5.41, 5.74) is 4.20. The molecule has 0 atom stereocenters. The number of nitrogens with one attached hydrogen (secondary N) is 2. The zero-order chi connectivity index (χ0) is 22.6. The Kier molecular flexibility index (Phi) is 5.03. The van der Waals surface area contributed by atoms with Gasteiger partial charge in [0.05, 0.1) is 26.8 Å². The highest BCUT2D eigenvalue weighted by atomic mass is 35.5. The van der Waals surface area contributed by atoms with Crippen LogP contribution in [0.1, 0.15) is 34.6 Å². The van der Waals surface area contributed by atoms with Crippen LogP contribution < -0.4 is 5.32 Å². The van der Waals surface area contributed by atoms with Gasteiger partial charge in [0.25, 0.3) is 5.91 Å². The molecule has 4 aromatic rings. The summed E-state index contributed by atoms with van der Waals surface area (Å²) < 4.78 is 1.46. The van der Waals surface area contributed by atoms with Crippen LogP contribution in [0.25, 0.3) is 22.0 Å². The molecule has 1 aliphatic carbocycles. The summed E-state index contributed by atoms with van der Waals surface area (Å²) in [6.07, 6.45) is 4.98. The molecule has 3 heterocycles. The van der Waals surface area contributed by atoms with Gasteiger partial charge < -0.3 is 5.32 Å². The van der Waals surface area contributed by atoms with E-state index < -0.39 is 0 Å². The number of fused-ring (bicyclic) bond motifs is 1. The molecule has 0 bridgehead atoms. The molecule has 0 saturated heterocycles. The fourth-order valence-corrected chi connectivity index (χ4v) is 4.57. The number of hydrogen-bond donors (Lipinski definition) is 2. The summed E-state index contributed by atoms with van der Waals surface area (Å²) in [7, 11) is 0. The number of aromatic amines is 1. The van der Waals surface area contributed by atoms with Crippen LogP contribution in [0.4, 0.5) is 5.82 Å². The molecule has 0 unspecified atom stereocenters. The molecule has 1 aromatic carbocycles. The average molecular weight is 468 g/mol. The van der Waals surface area contributed by atoms with Crippen LogP contribution >= 0.6 is 23.2 Å². The van der Waals surface area contributed by atoms with Crippen molar-refractivity contribution >= 4 is 51.7 Å². The molecular formula is C23H19Cl2N5O2. The van der Waals surface area contributed by atoms with Crippen molar-refractivity contribution in [1.29, 1.82) is 0 Å². The van der Waals surface area contributed by atoms with Gasteiger partial charge in [0.2, 0.25) is 5.91 Å². The topological polar surface area (TPSA) is 92.7 Å². The first-order valence-electron chi connectivity index (χ1n) is 10.2. The molecule has 0 radical (unpaired) electrons. The maximum atomic E-state index is 13.4. The van der Waals surface area contributed by atoms with E-state index in [-0.39, 0.29) is 33.3 Å². The second-order valence-electron chi connectivity index (χ2n) is 7.97. The van der Waals surface area contributed by atoms with Crippen molar-refractivity contribution < 1.29 is 9.59 Å². The number of rotatable bonds is 4. The lowest BCUT2D eigenvalue weighted by atomic mass is 10.0. The Labute approximate surface area is 193 Å². The first kappa shape index (κ1) is 20.7. The number of anilines is 1. The van der Waals surface area contributed by atoms with Crippen molar-refractivity contribution in [2.24, 2.45) is 5.92 Å². The lowest BCUT2D eigenvalue weighted by molar-refractivity contribution is -0.117. The number of benzene rings is 1. The lowest BCUT2D eigenvalue weighted by Gasteiger charge is -2.12. The van der Waals surface area contributed by atoms with Crippen molar-refractivity contribution in [2.75, 3.05) is 5.32 Å². The Morgan fingerprint density at radius 1 is 1.16 bits per heavy atom. The van der Waals surface area contributed by atoms with E-state index >= 15 is 0 Å². The van der Waals surface area contributed by atoms with E-state index in [1.54, 1.807) is 36.7 Å². The van der Waals surface area contributed by atoms with Crippen LogP contribution in [0.5, 0.6) is 0 Å². The highest BCUT2D eigenvalue weighted by molar-refractivity contribution is 6.40. The van der Waals surface area contributed by atoms with E-state index in [1.807, 2.05) is 13.8 Å². The number of carbonyl (C=O) groups is 2. The van der Waals surface area contributed by atoms with Gasteiger partial charge in [-0.1, -0.05) is 23.2 Å². The number of pyridine rings is 1. The van der Waals surface area contributed by atoms with Gasteiger partial charge in [-0.05, 0) is 56.5 Å². The summed E-state index contributed by atoms with van der Waals surface area (Å²) in [5.74, 6) is 0.0715. The summed E-state index contributed by atoms with van der Waals surface area (Å²) in [6, 6.07) is 6.91. The van der Waals surface area contributed by atoms with Gasteiger partial charge in [-0.2, -0.15) is 5.10 Å². The van der Waals surface area contributed by atoms with Crippen molar-refractivity contribution in [3.05, 3.63) is 63.7 Å². The third-order valence-electron chi connectivity index (χ3n) is 5.70. The van der Waals surface area contributed by atoms with Gasteiger partial charge in [-0.3, -0.25) is 19.3 Å². The summed E-state index contributed by atoms with van der Waals surface area (Å²) >= 11 is 13.1. The van der Waals surface area contributed by atoms with Crippen LogP contribution in [0.2, 0.25) is 10.0 Å². The second-order valence-corrected chi connectivity index (χ2v) is 8.79. The third-order valence-corrected chi connectivity index (χ3v) is 6.29. The number of aryl methyl sites for hydroxylation is 2. The second kappa shape index (κ2) is 7.76. The molecule has 32 heavy (non-hydrogen) atoms. The van der Waals surface area contributed by atoms with E-state index in [0.717, 1.165) is 35.4 Å².